The van der Waals surface area contributed by atoms with E-state index in [0.29, 0.717) is 19.4 Å². The first-order valence-corrected chi connectivity index (χ1v) is 9.37. The lowest BCUT2D eigenvalue weighted by atomic mass is 9.84. The number of nitro benzene ring substituents is 1. The van der Waals surface area contributed by atoms with Gasteiger partial charge in [-0.05, 0) is 46.6 Å². The number of carbonyl (C=O) groups excluding carboxylic acids is 1. The standard InChI is InChI=1S/C18H23ClN4O5/c1-17(2)18(3,4)22(26)15(21(17)25)14-6-5-9-20(14)16(24)12-8-7-11(23(27)28)10-13(12)19/h7-8,10,14,25H,5-6,9H2,1-4H3. The van der Waals surface area contributed by atoms with Crippen LogP contribution in [0.1, 0.15) is 50.9 Å². The van der Waals surface area contributed by atoms with E-state index in [-0.39, 0.29) is 22.1 Å². The summed E-state index contributed by atoms with van der Waals surface area (Å²) in [6.07, 6.45) is 1.18. The number of nitrogens with zero attached hydrogens (tertiary/aromatic N) is 4. The number of amidine groups is 1. The highest BCUT2D eigenvalue weighted by Crippen LogP contribution is 2.38. The fourth-order valence-corrected chi connectivity index (χ4v) is 3.92. The Morgan fingerprint density at radius 2 is 2.00 bits per heavy atom. The Kier molecular flexibility index (Phi) is 4.79. The number of hydrogen-bond acceptors (Lipinski definition) is 6. The summed E-state index contributed by atoms with van der Waals surface area (Å²) in [4.78, 5) is 24.9. The van der Waals surface area contributed by atoms with Crippen molar-refractivity contribution in [3.63, 3.8) is 0 Å². The van der Waals surface area contributed by atoms with Crippen molar-refractivity contribution in [1.82, 2.24) is 9.96 Å². The zero-order valence-corrected chi connectivity index (χ0v) is 16.9. The zero-order valence-electron chi connectivity index (χ0n) is 16.2. The summed E-state index contributed by atoms with van der Waals surface area (Å²) in [5, 5.41) is 35.5. The van der Waals surface area contributed by atoms with E-state index in [1.165, 1.54) is 17.0 Å². The Morgan fingerprint density at radius 3 is 2.50 bits per heavy atom. The Balaban J connectivity index is 1.97. The summed E-state index contributed by atoms with van der Waals surface area (Å²) in [6.45, 7) is 7.40. The van der Waals surface area contributed by atoms with E-state index < -0.39 is 28.0 Å². The van der Waals surface area contributed by atoms with Crippen molar-refractivity contribution in [3.05, 3.63) is 44.1 Å². The molecule has 9 nitrogen and oxygen atoms in total. The zero-order chi connectivity index (χ0) is 21.0. The normalized spacial score (nSPS) is 23.4. The predicted octanol–water partition coefficient (Wildman–Crippen LogP) is 3.02. The number of carbonyl (C=O) groups is 1. The van der Waals surface area contributed by atoms with Crippen LogP contribution in [0.4, 0.5) is 5.69 Å². The fraction of sp³-hybridized carbons (Fsp3) is 0.556. The van der Waals surface area contributed by atoms with Crippen molar-refractivity contribution in [2.24, 2.45) is 0 Å². The summed E-state index contributed by atoms with van der Waals surface area (Å²) in [5.41, 5.74) is -1.84. The van der Waals surface area contributed by atoms with E-state index in [9.17, 15) is 25.3 Å². The van der Waals surface area contributed by atoms with Crippen molar-refractivity contribution < 1.29 is 19.7 Å². The Hall–Kier alpha value is -2.39. The van der Waals surface area contributed by atoms with Crippen LogP contribution in [0.25, 0.3) is 0 Å². The number of hydroxylamine groups is 3. The van der Waals surface area contributed by atoms with E-state index in [2.05, 4.69) is 0 Å². The van der Waals surface area contributed by atoms with Crippen molar-refractivity contribution in [1.29, 1.82) is 0 Å². The second-order valence-electron chi connectivity index (χ2n) is 8.16. The monoisotopic (exact) mass is 410 g/mol. The molecule has 2 aliphatic heterocycles. The van der Waals surface area contributed by atoms with Crippen molar-refractivity contribution >= 4 is 29.0 Å². The molecule has 2 aliphatic rings. The van der Waals surface area contributed by atoms with Crippen molar-refractivity contribution in [3.8, 4) is 0 Å². The molecule has 28 heavy (non-hydrogen) atoms. The molecule has 2 heterocycles. The molecule has 0 bridgehead atoms. The van der Waals surface area contributed by atoms with Gasteiger partial charge in [-0.25, -0.2) is 5.21 Å². The fourth-order valence-electron chi connectivity index (χ4n) is 3.67. The molecule has 10 heteroatoms. The largest absolute Gasteiger partial charge is 0.715 e. The summed E-state index contributed by atoms with van der Waals surface area (Å²) >= 11 is 6.11. The quantitative estimate of drug-likeness (QED) is 0.354. The lowest BCUT2D eigenvalue weighted by molar-refractivity contribution is -0.541. The third-order valence-electron chi connectivity index (χ3n) is 6.17. The van der Waals surface area contributed by atoms with Crippen LogP contribution in [0.2, 0.25) is 5.02 Å². The Labute approximate surface area is 167 Å². The smallest absolute Gasteiger partial charge is 0.304 e. The van der Waals surface area contributed by atoms with Gasteiger partial charge in [-0.15, -0.1) is 5.06 Å². The highest BCUT2D eigenvalue weighted by molar-refractivity contribution is 6.34. The summed E-state index contributed by atoms with van der Waals surface area (Å²) in [6, 6.07) is 3.06. The van der Waals surface area contributed by atoms with Gasteiger partial charge in [-0.3, -0.25) is 19.6 Å². The summed E-state index contributed by atoms with van der Waals surface area (Å²) < 4.78 is 0.778. The van der Waals surface area contributed by atoms with E-state index >= 15 is 0 Å². The molecule has 0 radical (unpaired) electrons. The van der Waals surface area contributed by atoms with Gasteiger partial charge in [0, 0.05) is 18.7 Å². The number of likely N-dealkylation sites (tertiary alicyclic amines) is 1. The minimum absolute atomic E-state index is 0.0261. The lowest BCUT2D eigenvalue weighted by Gasteiger charge is -2.33. The Bertz CT molecular complexity index is 883. The molecule has 1 aromatic rings. The third-order valence-corrected chi connectivity index (χ3v) is 6.48. The van der Waals surface area contributed by atoms with Gasteiger partial charge in [0.25, 0.3) is 11.6 Å². The van der Waals surface area contributed by atoms with Gasteiger partial charge in [0.1, 0.15) is 11.6 Å². The second kappa shape index (κ2) is 6.59. The summed E-state index contributed by atoms with van der Waals surface area (Å²) in [5.74, 6) is -0.307. The van der Waals surface area contributed by atoms with Gasteiger partial charge in [-0.1, -0.05) is 11.6 Å². The SMILES string of the molecule is CC1(C)N(O)C(C2CCCN2C(=O)c2ccc([N+](=O)[O-])cc2Cl)=[N+]([O-])C1(C)C. The van der Waals surface area contributed by atoms with E-state index in [0.717, 1.165) is 15.9 Å². The van der Waals surface area contributed by atoms with Crippen molar-refractivity contribution in [2.45, 2.75) is 57.7 Å². The topological polar surface area (TPSA) is 113 Å². The van der Waals surface area contributed by atoms with E-state index in [1.807, 2.05) is 0 Å². The molecule has 0 spiro atoms. The van der Waals surface area contributed by atoms with Crippen LogP contribution in [0.15, 0.2) is 18.2 Å². The third kappa shape index (κ3) is 2.80. The molecule has 0 saturated carbocycles. The number of hydrogen-bond donors (Lipinski definition) is 1. The number of non-ortho nitro benzene ring substituents is 1. The molecule has 1 aromatic carbocycles. The molecule has 1 atom stereocenters. The lowest BCUT2D eigenvalue weighted by Crippen LogP contribution is -2.55. The average molecular weight is 411 g/mol. The van der Waals surface area contributed by atoms with Crippen LogP contribution in [0, 0.1) is 15.3 Å². The Morgan fingerprint density at radius 1 is 1.36 bits per heavy atom. The number of nitro groups is 1. The maximum Gasteiger partial charge on any atom is 0.304 e. The van der Waals surface area contributed by atoms with Crippen LogP contribution < -0.4 is 0 Å². The van der Waals surface area contributed by atoms with Crippen LogP contribution in [-0.2, 0) is 0 Å². The number of rotatable bonds is 3. The molecular formula is C18H23ClN4O5. The van der Waals surface area contributed by atoms with Crippen LogP contribution >= 0.6 is 11.6 Å². The minimum Gasteiger partial charge on any atom is -0.715 e. The first kappa shape index (κ1) is 20.3. The van der Waals surface area contributed by atoms with Gasteiger partial charge in [0.05, 0.1) is 15.5 Å². The van der Waals surface area contributed by atoms with Crippen molar-refractivity contribution in [2.75, 3.05) is 6.54 Å². The molecule has 0 aromatic heterocycles. The van der Waals surface area contributed by atoms with E-state index in [4.69, 9.17) is 11.6 Å². The summed E-state index contributed by atoms with van der Waals surface area (Å²) in [7, 11) is 0. The molecule has 1 fully saturated rings. The number of amides is 1. The minimum atomic E-state index is -0.903. The van der Waals surface area contributed by atoms with E-state index in [1.54, 1.807) is 27.7 Å². The number of halogens is 1. The molecular weight excluding hydrogens is 388 g/mol. The van der Waals surface area contributed by atoms with Gasteiger partial charge in [0.2, 0.25) is 0 Å². The average Bonchev–Trinajstić information content (AvgIpc) is 3.13. The maximum atomic E-state index is 13.1. The van der Waals surface area contributed by atoms with Crippen LogP contribution in [0.5, 0.6) is 0 Å². The maximum absolute atomic E-state index is 13.1. The number of benzene rings is 1. The molecule has 3 rings (SSSR count). The first-order valence-electron chi connectivity index (χ1n) is 8.99. The molecule has 152 valence electrons. The molecule has 1 saturated heterocycles. The first-order chi connectivity index (χ1) is 12.9. The highest BCUT2D eigenvalue weighted by atomic mass is 35.5. The van der Waals surface area contributed by atoms with Crippen LogP contribution in [-0.4, -0.2) is 60.2 Å². The van der Waals surface area contributed by atoms with Gasteiger partial charge in [-0.2, -0.15) is 0 Å². The van der Waals surface area contributed by atoms with Crippen LogP contribution in [0.3, 0.4) is 0 Å². The van der Waals surface area contributed by atoms with Gasteiger partial charge >= 0.3 is 5.84 Å². The molecule has 1 amide bonds. The van der Waals surface area contributed by atoms with Gasteiger partial charge < -0.3 is 10.1 Å². The van der Waals surface area contributed by atoms with Gasteiger partial charge in [0.15, 0.2) is 5.54 Å². The second-order valence-corrected chi connectivity index (χ2v) is 8.57. The molecule has 1 N–H and O–H groups in total. The predicted molar refractivity (Wildman–Crippen MR) is 103 cm³/mol. The highest BCUT2D eigenvalue weighted by Gasteiger charge is 2.61. The molecule has 1 unspecified atom stereocenters. The molecule has 0 aliphatic carbocycles.